The maximum absolute atomic E-state index is 9.19. The lowest BCUT2D eigenvalue weighted by Crippen LogP contribution is -2.39. The third kappa shape index (κ3) is 2.44. The fraction of sp³-hybridized carbons (Fsp3) is 1.00. The molecule has 0 saturated heterocycles. The molecule has 0 atom stereocenters. The zero-order valence-corrected chi connectivity index (χ0v) is 7.71. The van der Waals surface area contributed by atoms with Gasteiger partial charge < -0.3 is 14.6 Å². The molecule has 12 heavy (non-hydrogen) atoms. The molecule has 0 aromatic carbocycles. The number of rotatable bonds is 4. The van der Waals surface area contributed by atoms with Crippen LogP contribution in [-0.2, 0) is 9.47 Å². The van der Waals surface area contributed by atoms with Crippen molar-refractivity contribution in [2.45, 2.75) is 37.7 Å². The van der Waals surface area contributed by atoms with Gasteiger partial charge in [0.05, 0.1) is 12.2 Å². The molecule has 1 rings (SSSR count). The summed E-state index contributed by atoms with van der Waals surface area (Å²) in [6, 6.07) is 0. The number of hydrogen-bond acceptors (Lipinski definition) is 3. The van der Waals surface area contributed by atoms with Crippen molar-refractivity contribution in [3.8, 4) is 0 Å². The van der Waals surface area contributed by atoms with E-state index in [4.69, 9.17) is 9.47 Å². The van der Waals surface area contributed by atoms with Crippen molar-refractivity contribution >= 4 is 0 Å². The van der Waals surface area contributed by atoms with E-state index < -0.39 is 0 Å². The zero-order valence-electron chi connectivity index (χ0n) is 7.71. The summed E-state index contributed by atoms with van der Waals surface area (Å²) in [6.45, 7) is 0.414. The van der Waals surface area contributed by atoms with E-state index in [9.17, 15) is 5.11 Å². The summed E-state index contributed by atoms with van der Waals surface area (Å²) in [5.41, 5.74) is -0.297. The Morgan fingerprint density at radius 1 is 1.25 bits per heavy atom. The molecule has 1 aliphatic rings. The fourth-order valence-electron chi connectivity index (χ4n) is 1.73. The minimum absolute atomic E-state index is 0.121. The summed E-state index contributed by atoms with van der Waals surface area (Å²) in [5, 5.41) is 9.19. The summed E-state index contributed by atoms with van der Waals surface area (Å²) in [6.07, 6.45) is 5.51. The van der Waals surface area contributed by atoms with Gasteiger partial charge in [0.2, 0.25) is 0 Å². The molecule has 0 aromatic rings. The van der Waals surface area contributed by atoms with Crippen LogP contribution in [0, 0.1) is 0 Å². The van der Waals surface area contributed by atoms with Gasteiger partial charge in [0.15, 0.2) is 0 Å². The maximum atomic E-state index is 9.19. The minimum Gasteiger partial charge on any atom is -0.393 e. The first kappa shape index (κ1) is 9.96. The van der Waals surface area contributed by atoms with Crippen LogP contribution in [0.3, 0.4) is 0 Å². The van der Waals surface area contributed by atoms with Gasteiger partial charge in [-0.15, -0.1) is 0 Å². The van der Waals surface area contributed by atoms with E-state index in [1.807, 2.05) is 0 Å². The minimum atomic E-state index is -0.297. The number of hydrogen-bond donors (Lipinski definition) is 1. The van der Waals surface area contributed by atoms with Crippen molar-refractivity contribution in [3.63, 3.8) is 0 Å². The van der Waals surface area contributed by atoms with Gasteiger partial charge in [-0.25, -0.2) is 0 Å². The van der Waals surface area contributed by atoms with Gasteiger partial charge in [0, 0.05) is 7.11 Å². The first-order chi connectivity index (χ1) is 5.83. The summed E-state index contributed by atoms with van der Waals surface area (Å²) in [7, 11) is 1.61. The van der Waals surface area contributed by atoms with Crippen LogP contribution in [0.5, 0.6) is 0 Å². The molecule has 0 heterocycles. The van der Waals surface area contributed by atoms with Gasteiger partial charge in [-0.2, -0.15) is 0 Å². The summed E-state index contributed by atoms with van der Waals surface area (Å²) in [5.74, 6) is 0. The predicted molar refractivity (Wildman–Crippen MR) is 45.9 cm³/mol. The first-order valence-corrected chi connectivity index (χ1v) is 4.57. The number of methoxy groups -OCH3 is 1. The number of aliphatic hydroxyl groups is 1. The Kier molecular flexibility index (Phi) is 3.98. The average molecular weight is 174 g/mol. The van der Waals surface area contributed by atoms with E-state index in [-0.39, 0.29) is 12.2 Å². The van der Waals surface area contributed by atoms with Crippen LogP contribution in [-0.4, -0.2) is 31.2 Å². The fourth-order valence-corrected chi connectivity index (χ4v) is 1.73. The van der Waals surface area contributed by atoms with Gasteiger partial charge in [0.25, 0.3) is 0 Å². The van der Waals surface area contributed by atoms with Crippen molar-refractivity contribution < 1.29 is 14.6 Å². The molecule has 1 N–H and O–H groups in total. The quantitative estimate of drug-likeness (QED) is 0.653. The first-order valence-electron chi connectivity index (χ1n) is 4.57. The molecule has 1 saturated carbocycles. The second kappa shape index (κ2) is 4.80. The number of aliphatic hydroxyl groups excluding tert-OH is 1. The van der Waals surface area contributed by atoms with Crippen LogP contribution in [0.15, 0.2) is 0 Å². The third-order valence-electron chi connectivity index (χ3n) is 2.54. The van der Waals surface area contributed by atoms with E-state index in [2.05, 4.69) is 0 Å². The summed E-state index contributed by atoms with van der Waals surface area (Å²) < 4.78 is 10.3. The van der Waals surface area contributed by atoms with Crippen molar-refractivity contribution in [1.82, 2.24) is 0 Å². The molecule has 72 valence electrons. The maximum Gasteiger partial charge on any atom is 0.147 e. The summed E-state index contributed by atoms with van der Waals surface area (Å²) in [4.78, 5) is 0. The molecule has 1 aliphatic carbocycles. The van der Waals surface area contributed by atoms with Crippen molar-refractivity contribution in [1.29, 1.82) is 0 Å². The van der Waals surface area contributed by atoms with Gasteiger partial charge in [0.1, 0.15) is 6.79 Å². The van der Waals surface area contributed by atoms with Crippen molar-refractivity contribution in [3.05, 3.63) is 0 Å². The molecule has 0 aliphatic heterocycles. The van der Waals surface area contributed by atoms with Gasteiger partial charge in [-0.1, -0.05) is 19.3 Å². The Morgan fingerprint density at radius 3 is 2.42 bits per heavy atom. The van der Waals surface area contributed by atoms with E-state index >= 15 is 0 Å². The normalized spacial score (nSPS) is 22.5. The highest BCUT2D eigenvalue weighted by Crippen LogP contribution is 2.30. The number of ether oxygens (including phenoxy) is 2. The smallest absolute Gasteiger partial charge is 0.147 e. The standard InChI is InChI=1S/C9H18O3/c1-11-8-12-9(7-10)5-3-2-4-6-9/h10H,2-8H2,1H3. The Morgan fingerprint density at radius 2 is 1.92 bits per heavy atom. The Labute approximate surface area is 73.7 Å². The molecule has 3 heteroatoms. The molecule has 0 radical (unpaired) electrons. The highest BCUT2D eigenvalue weighted by Gasteiger charge is 2.32. The topological polar surface area (TPSA) is 38.7 Å². The highest BCUT2D eigenvalue weighted by atomic mass is 16.7. The average Bonchev–Trinajstić information content (AvgIpc) is 2.16. The lowest BCUT2D eigenvalue weighted by atomic mass is 9.85. The van der Waals surface area contributed by atoms with Gasteiger partial charge in [-0.3, -0.25) is 0 Å². The lowest BCUT2D eigenvalue weighted by Gasteiger charge is -2.35. The van der Waals surface area contributed by atoms with Crippen LogP contribution in [0.1, 0.15) is 32.1 Å². The largest absolute Gasteiger partial charge is 0.393 e. The molecule has 0 aromatic heterocycles. The molecule has 0 bridgehead atoms. The summed E-state index contributed by atoms with van der Waals surface area (Å²) >= 11 is 0. The second-order valence-electron chi connectivity index (χ2n) is 3.45. The molecule has 0 amide bonds. The van der Waals surface area contributed by atoms with E-state index in [0.29, 0.717) is 6.79 Å². The Hall–Kier alpha value is -0.120. The molecular weight excluding hydrogens is 156 g/mol. The SMILES string of the molecule is COCOC1(CO)CCCCC1. The van der Waals surface area contributed by atoms with Crippen LogP contribution in [0.4, 0.5) is 0 Å². The molecule has 0 spiro atoms. The lowest BCUT2D eigenvalue weighted by molar-refractivity contribution is -0.162. The monoisotopic (exact) mass is 174 g/mol. The molecule has 3 nitrogen and oxygen atoms in total. The van der Waals surface area contributed by atoms with Gasteiger partial charge in [-0.05, 0) is 12.8 Å². The van der Waals surface area contributed by atoms with E-state index in [0.717, 1.165) is 25.7 Å². The van der Waals surface area contributed by atoms with Crippen molar-refractivity contribution in [2.24, 2.45) is 0 Å². The zero-order chi connectivity index (χ0) is 8.86. The molecule has 0 unspecified atom stereocenters. The highest BCUT2D eigenvalue weighted by molar-refractivity contribution is 4.83. The van der Waals surface area contributed by atoms with E-state index in [1.165, 1.54) is 6.42 Å². The van der Waals surface area contributed by atoms with Gasteiger partial charge >= 0.3 is 0 Å². The predicted octanol–water partition coefficient (Wildman–Crippen LogP) is 1.30. The van der Waals surface area contributed by atoms with Crippen LogP contribution in [0.2, 0.25) is 0 Å². The molecular formula is C9H18O3. The second-order valence-corrected chi connectivity index (χ2v) is 3.45. The van der Waals surface area contributed by atoms with Crippen LogP contribution >= 0.6 is 0 Å². The third-order valence-corrected chi connectivity index (χ3v) is 2.54. The van der Waals surface area contributed by atoms with Crippen molar-refractivity contribution in [2.75, 3.05) is 20.5 Å². The van der Waals surface area contributed by atoms with E-state index in [1.54, 1.807) is 7.11 Å². The Bertz CT molecular complexity index is 119. The Balaban J connectivity index is 2.37. The van der Waals surface area contributed by atoms with Crippen LogP contribution < -0.4 is 0 Å². The van der Waals surface area contributed by atoms with Crippen LogP contribution in [0.25, 0.3) is 0 Å². The molecule has 1 fully saturated rings.